The lowest BCUT2D eigenvalue weighted by atomic mass is 10.0. The Morgan fingerprint density at radius 1 is 1.03 bits per heavy atom. The summed E-state index contributed by atoms with van der Waals surface area (Å²) in [6.07, 6.45) is 7.22. The molecule has 0 aliphatic heterocycles. The van der Waals surface area contributed by atoms with E-state index < -0.39 is 11.8 Å². The average molecular weight is 423 g/mol. The first kappa shape index (κ1) is 21.0. The van der Waals surface area contributed by atoms with Crippen molar-refractivity contribution in [3.05, 3.63) is 53.8 Å². The molecule has 2 aromatic carbocycles. The summed E-state index contributed by atoms with van der Waals surface area (Å²) in [5.41, 5.74) is 2.70. The summed E-state index contributed by atoms with van der Waals surface area (Å²) in [4.78, 5) is 28.5. The fourth-order valence-corrected chi connectivity index (χ4v) is 4.03. The molecule has 1 saturated carbocycles. The Balaban J connectivity index is 1.27. The summed E-state index contributed by atoms with van der Waals surface area (Å²) in [6, 6.07) is 11.3. The molecule has 1 aliphatic carbocycles. The highest BCUT2D eigenvalue weighted by Crippen LogP contribution is 2.28. The molecule has 4 rings (SSSR count). The van der Waals surface area contributed by atoms with Gasteiger partial charge in [0, 0.05) is 18.7 Å². The van der Waals surface area contributed by atoms with E-state index in [2.05, 4.69) is 15.6 Å². The summed E-state index contributed by atoms with van der Waals surface area (Å²) in [5, 5.41) is 5.33. The van der Waals surface area contributed by atoms with Gasteiger partial charge in [-0.3, -0.25) is 9.59 Å². The molecule has 6 nitrogen and oxygen atoms in total. The van der Waals surface area contributed by atoms with Crippen molar-refractivity contribution >= 4 is 22.9 Å². The molecule has 7 heteroatoms. The van der Waals surface area contributed by atoms with Crippen LogP contribution in [-0.2, 0) is 16.1 Å². The Hall–Kier alpha value is -3.22. The van der Waals surface area contributed by atoms with Crippen LogP contribution >= 0.6 is 0 Å². The van der Waals surface area contributed by atoms with E-state index in [1.54, 1.807) is 24.3 Å². The Labute approximate surface area is 180 Å². The molecule has 0 radical (unpaired) electrons. The van der Waals surface area contributed by atoms with Crippen LogP contribution in [0.2, 0.25) is 0 Å². The van der Waals surface area contributed by atoms with E-state index in [0.717, 1.165) is 24.3 Å². The maximum atomic E-state index is 13.1. The molecule has 1 heterocycles. The number of hydrogen-bond acceptors (Lipinski definition) is 4. The molecule has 0 bridgehead atoms. The van der Waals surface area contributed by atoms with Crippen molar-refractivity contribution in [3.8, 4) is 11.5 Å². The Morgan fingerprint density at radius 3 is 2.55 bits per heavy atom. The van der Waals surface area contributed by atoms with Crippen LogP contribution in [0.1, 0.15) is 44.1 Å². The summed E-state index contributed by atoms with van der Waals surface area (Å²) in [5.74, 6) is -0.398. The third kappa shape index (κ3) is 5.48. The average Bonchev–Trinajstić information content (AvgIpc) is 3.44. The van der Waals surface area contributed by atoms with Crippen molar-refractivity contribution in [2.45, 2.75) is 45.1 Å². The van der Waals surface area contributed by atoms with Crippen LogP contribution in [0.3, 0.4) is 0 Å². The van der Waals surface area contributed by atoms with E-state index in [1.165, 1.54) is 37.8 Å². The number of aromatic nitrogens is 1. The van der Waals surface area contributed by atoms with Gasteiger partial charge in [0.05, 0.1) is 0 Å². The van der Waals surface area contributed by atoms with Crippen LogP contribution in [0, 0.1) is 11.7 Å². The number of nitrogens with one attached hydrogen (secondary N) is 2. The molecule has 162 valence electrons. The van der Waals surface area contributed by atoms with Gasteiger partial charge in [-0.25, -0.2) is 9.37 Å². The van der Waals surface area contributed by atoms with E-state index in [9.17, 15) is 14.0 Å². The zero-order valence-electron chi connectivity index (χ0n) is 17.3. The van der Waals surface area contributed by atoms with Gasteiger partial charge < -0.3 is 15.1 Å². The smallest absolute Gasteiger partial charge is 0.309 e. The Bertz CT molecular complexity index is 1060. The number of fused-ring (bicyclic) bond motifs is 1. The molecule has 2 N–H and O–H groups in total. The molecule has 1 aliphatic rings. The van der Waals surface area contributed by atoms with Crippen LogP contribution < -0.4 is 10.6 Å². The first-order valence-electron chi connectivity index (χ1n) is 10.8. The van der Waals surface area contributed by atoms with Gasteiger partial charge in [0.1, 0.15) is 11.3 Å². The number of amides is 2. The zero-order chi connectivity index (χ0) is 21.6. The minimum Gasteiger partial charge on any atom is -0.436 e. The maximum absolute atomic E-state index is 13.1. The number of halogens is 1. The van der Waals surface area contributed by atoms with Gasteiger partial charge in [-0.15, -0.1) is 0 Å². The van der Waals surface area contributed by atoms with Gasteiger partial charge in [0.25, 0.3) is 0 Å². The lowest BCUT2D eigenvalue weighted by Crippen LogP contribution is -2.40. The standard InChI is InChI=1S/C24H26FN3O3/c25-19-10-8-18(9-11-19)24-28-20-14-17(7-12-21(20)31-24)15-27-23(30)22(29)26-13-3-6-16-4-1-2-5-16/h7-12,14,16H,1-6,13,15H2,(H,26,29)(H,27,30). The molecule has 1 fully saturated rings. The van der Waals surface area contributed by atoms with Crippen molar-refractivity contribution in [1.29, 1.82) is 0 Å². The van der Waals surface area contributed by atoms with E-state index in [0.29, 0.717) is 29.1 Å². The summed E-state index contributed by atoms with van der Waals surface area (Å²) in [6.45, 7) is 0.739. The highest BCUT2D eigenvalue weighted by atomic mass is 19.1. The quantitative estimate of drug-likeness (QED) is 0.437. The SMILES string of the molecule is O=C(NCCCC1CCCC1)C(=O)NCc1ccc2oc(-c3ccc(F)cc3)nc2c1. The molecule has 3 aromatic rings. The van der Waals surface area contributed by atoms with Crippen LogP contribution in [0.15, 0.2) is 46.9 Å². The predicted molar refractivity (Wildman–Crippen MR) is 115 cm³/mol. The Morgan fingerprint density at radius 2 is 1.77 bits per heavy atom. The summed E-state index contributed by atoms with van der Waals surface area (Å²) >= 11 is 0. The molecular weight excluding hydrogens is 397 g/mol. The number of benzene rings is 2. The van der Waals surface area contributed by atoms with Crippen LogP contribution in [-0.4, -0.2) is 23.3 Å². The normalized spacial score (nSPS) is 14.1. The van der Waals surface area contributed by atoms with Gasteiger partial charge in [-0.1, -0.05) is 31.7 Å². The molecule has 0 unspecified atom stereocenters. The largest absolute Gasteiger partial charge is 0.436 e. The van der Waals surface area contributed by atoms with E-state index in [4.69, 9.17) is 4.42 Å². The van der Waals surface area contributed by atoms with Crippen LogP contribution in [0.25, 0.3) is 22.6 Å². The number of nitrogens with zero attached hydrogens (tertiary/aromatic N) is 1. The van der Waals surface area contributed by atoms with Crippen molar-refractivity contribution in [2.24, 2.45) is 5.92 Å². The first-order chi connectivity index (χ1) is 15.1. The number of hydrogen-bond donors (Lipinski definition) is 2. The lowest BCUT2D eigenvalue weighted by molar-refractivity contribution is -0.139. The molecule has 0 spiro atoms. The molecule has 2 amide bonds. The van der Waals surface area contributed by atoms with Gasteiger partial charge in [0.15, 0.2) is 5.58 Å². The molecular formula is C24H26FN3O3. The van der Waals surface area contributed by atoms with Crippen LogP contribution in [0.4, 0.5) is 4.39 Å². The fourth-order valence-electron chi connectivity index (χ4n) is 4.03. The third-order valence-electron chi connectivity index (χ3n) is 5.75. The number of carbonyl (C=O) groups is 2. The minimum atomic E-state index is -0.645. The molecule has 31 heavy (non-hydrogen) atoms. The van der Waals surface area contributed by atoms with Crippen molar-refractivity contribution in [1.82, 2.24) is 15.6 Å². The second-order valence-corrected chi connectivity index (χ2v) is 8.06. The second kappa shape index (κ2) is 9.73. The second-order valence-electron chi connectivity index (χ2n) is 8.06. The van der Waals surface area contributed by atoms with Gasteiger partial charge in [0.2, 0.25) is 5.89 Å². The maximum Gasteiger partial charge on any atom is 0.309 e. The fraction of sp³-hybridized carbons (Fsp3) is 0.375. The highest BCUT2D eigenvalue weighted by molar-refractivity contribution is 6.35. The van der Waals surface area contributed by atoms with Crippen molar-refractivity contribution < 1.29 is 18.4 Å². The summed E-state index contributed by atoms with van der Waals surface area (Å²) < 4.78 is 18.8. The van der Waals surface area contributed by atoms with E-state index >= 15 is 0 Å². The monoisotopic (exact) mass is 423 g/mol. The Kier molecular flexibility index (Phi) is 6.60. The topological polar surface area (TPSA) is 84.2 Å². The van der Waals surface area contributed by atoms with Crippen LogP contribution in [0.5, 0.6) is 0 Å². The molecule has 0 saturated heterocycles. The minimum absolute atomic E-state index is 0.211. The number of carbonyl (C=O) groups excluding carboxylic acids is 2. The van der Waals surface area contributed by atoms with Gasteiger partial charge in [-0.05, 0) is 60.7 Å². The van der Waals surface area contributed by atoms with Crippen molar-refractivity contribution in [3.63, 3.8) is 0 Å². The molecule has 1 aromatic heterocycles. The number of rotatable bonds is 7. The highest BCUT2D eigenvalue weighted by Gasteiger charge is 2.16. The van der Waals surface area contributed by atoms with Gasteiger partial charge in [-0.2, -0.15) is 0 Å². The van der Waals surface area contributed by atoms with E-state index in [-0.39, 0.29) is 12.4 Å². The predicted octanol–water partition coefficient (Wildman–Crippen LogP) is 4.34. The molecule has 0 atom stereocenters. The zero-order valence-corrected chi connectivity index (χ0v) is 17.3. The van der Waals surface area contributed by atoms with Crippen molar-refractivity contribution in [2.75, 3.05) is 6.54 Å². The third-order valence-corrected chi connectivity index (χ3v) is 5.75. The lowest BCUT2D eigenvalue weighted by Gasteiger charge is -2.09. The number of oxazole rings is 1. The summed E-state index contributed by atoms with van der Waals surface area (Å²) in [7, 11) is 0. The van der Waals surface area contributed by atoms with E-state index in [1.807, 2.05) is 6.07 Å². The first-order valence-corrected chi connectivity index (χ1v) is 10.8. The van der Waals surface area contributed by atoms with Gasteiger partial charge >= 0.3 is 11.8 Å².